The molecule has 1 heteroatoms. The van der Waals surface area contributed by atoms with Crippen LogP contribution in [0.2, 0.25) is 0 Å². The van der Waals surface area contributed by atoms with Crippen LogP contribution in [-0.4, -0.2) is 13.1 Å². The van der Waals surface area contributed by atoms with Gasteiger partial charge in [-0.3, -0.25) is 0 Å². The SMILES string of the molecule is Cc1cc2c3c4c1C(C)(C)CCN4CC3CCC2(C)C. The molecule has 1 aromatic carbocycles. The van der Waals surface area contributed by atoms with Crippen LogP contribution in [-0.2, 0) is 10.8 Å². The van der Waals surface area contributed by atoms with E-state index >= 15 is 0 Å². The van der Waals surface area contributed by atoms with Crippen LogP contribution in [0.15, 0.2) is 6.07 Å². The maximum atomic E-state index is 2.71. The Hall–Kier alpha value is -0.980. The number of aryl methyl sites for hydroxylation is 1. The molecule has 2 aliphatic heterocycles. The molecule has 2 heterocycles. The highest BCUT2D eigenvalue weighted by Crippen LogP contribution is 2.56. The summed E-state index contributed by atoms with van der Waals surface area (Å²) in [6, 6.07) is 2.54. The highest BCUT2D eigenvalue weighted by atomic mass is 15.2. The van der Waals surface area contributed by atoms with Gasteiger partial charge in [-0.25, -0.2) is 0 Å². The summed E-state index contributed by atoms with van der Waals surface area (Å²) < 4.78 is 0. The summed E-state index contributed by atoms with van der Waals surface area (Å²) in [4.78, 5) is 2.71. The Morgan fingerprint density at radius 1 is 1.10 bits per heavy atom. The lowest BCUT2D eigenvalue weighted by Crippen LogP contribution is -2.36. The molecule has 3 aliphatic rings. The van der Waals surface area contributed by atoms with E-state index in [1.807, 2.05) is 0 Å². The standard InChI is InChI=1S/C19H27N/c1-12-10-14-15-13(6-7-18(14,2)3)11-20-9-8-19(4,5)16(12)17(15)20/h10,13H,6-9,11H2,1-5H3. The van der Waals surface area contributed by atoms with Crippen LogP contribution in [0.3, 0.4) is 0 Å². The molecule has 0 amide bonds. The first kappa shape index (κ1) is 12.7. The fourth-order valence-corrected chi connectivity index (χ4v) is 5.07. The second kappa shape index (κ2) is 3.61. The minimum atomic E-state index is 0.349. The molecule has 1 aromatic rings. The monoisotopic (exact) mass is 269 g/mol. The molecule has 0 fully saturated rings. The summed E-state index contributed by atoms with van der Waals surface area (Å²) in [5.41, 5.74) is 8.94. The normalized spacial score (nSPS) is 28.4. The number of anilines is 1. The van der Waals surface area contributed by atoms with Crippen LogP contribution in [0.25, 0.3) is 0 Å². The van der Waals surface area contributed by atoms with E-state index in [2.05, 4.69) is 45.6 Å². The largest absolute Gasteiger partial charge is 0.370 e. The maximum absolute atomic E-state index is 2.71. The number of nitrogens with zero attached hydrogens (tertiary/aromatic N) is 1. The first-order chi connectivity index (χ1) is 9.31. The Morgan fingerprint density at radius 2 is 1.85 bits per heavy atom. The molecule has 1 unspecified atom stereocenters. The van der Waals surface area contributed by atoms with Crippen molar-refractivity contribution in [1.82, 2.24) is 0 Å². The van der Waals surface area contributed by atoms with Crippen LogP contribution in [0.1, 0.15) is 75.1 Å². The van der Waals surface area contributed by atoms with Gasteiger partial charge in [0.15, 0.2) is 0 Å². The summed E-state index contributed by atoms with van der Waals surface area (Å²) in [5.74, 6) is 0.807. The molecule has 20 heavy (non-hydrogen) atoms. The summed E-state index contributed by atoms with van der Waals surface area (Å²) in [5, 5.41) is 0. The highest BCUT2D eigenvalue weighted by molar-refractivity contribution is 5.74. The third-order valence-corrected chi connectivity index (χ3v) is 6.23. The number of benzene rings is 1. The van der Waals surface area contributed by atoms with Crippen LogP contribution in [0.4, 0.5) is 5.69 Å². The second-order valence-electron chi connectivity index (χ2n) is 8.58. The zero-order chi connectivity index (χ0) is 14.3. The van der Waals surface area contributed by atoms with Gasteiger partial charge >= 0.3 is 0 Å². The van der Waals surface area contributed by atoms with E-state index in [4.69, 9.17) is 0 Å². The zero-order valence-electron chi connectivity index (χ0n) is 13.6. The Bertz CT molecular complexity index is 594. The molecule has 1 atom stereocenters. The Kier molecular flexibility index (Phi) is 2.30. The molecule has 0 saturated carbocycles. The van der Waals surface area contributed by atoms with E-state index in [0.717, 1.165) is 5.92 Å². The van der Waals surface area contributed by atoms with E-state index in [-0.39, 0.29) is 0 Å². The molecule has 1 nitrogen and oxygen atoms in total. The predicted molar refractivity (Wildman–Crippen MR) is 86.0 cm³/mol. The summed E-state index contributed by atoms with van der Waals surface area (Å²) in [6.07, 6.45) is 4.03. The topological polar surface area (TPSA) is 3.24 Å². The molecule has 0 aromatic heterocycles. The van der Waals surface area contributed by atoms with Gasteiger partial charge in [-0.2, -0.15) is 0 Å². The van der Waals surface area contributed by atoms with Gasteiger partial charge in [-0.1, -0.05) is 33.8 Å². The van der Waals surface area contributed by atoms with Crippen molar-refractivity contribution in [2.75, 3.05) is 18.0 Å². The average molecular weight is 269 g/mol. The fraction of sp³-hybridized carbons (Fsp3) is 0.684. The van der Waals surface area contributed by atoms with Gasteiger partial charge in [0.05, 0.1) is 0 Å². The molecule has 4 rings (SSSR count). The lowest BCUT2D eigenvalue weighted by Gasteiger charge is -2.41. The van der Waals surface area contributed by atoms with Gasteiger partial charge in [0, 0.05) is 24.7 Å². The summed E-state index contributed by atoms with van der Waals surface area (Å²) in [7, 11) is 0. The molecule has 108 valence electrons. The van der Waals surface area contributed by atoms with Crippen molar-refractivity contribution in [3.8, 4) is 0 Å². The summed E-state index contributed by atoms with van der Waals surface area (Å²) in [6.45, 7) is 14.6. The minimum absolute atomic E-state index is 0.349. The van der Waals surface area contributed by atoms with Crippen LogP contribution in [0, 0.1) is 6.92 Å². The van der Waals surface area contributed by atoms with Crippen molar-refractivity contribution in [1.29, 1.82) is 0 Å². The Morgan fingerprint density at radius 3 is 2.60 bits per heavy atom. The van der Waals surface area contributed by atoms with E-state index in [0.29, 0.717) is 10.8 Å². The van der Waals surface area contributed by atoms with Crippen molar-refractivity contribution < 1.29 is 0 Å². The van der Waals surface area contributed by atoms with Gasteiger partial charge in [0.25, 0.3) is 0 Å². The molecule has 0 spiro atoms. The minimum Gasteiger partial charge on any atom is -0.370 e. The second-order valence-corrected chi connectivity index (χ2v) is 8.58. The molecular weight excluding hydrogens is 242 g/mol. The zero-order valence-corrected chi connectivity index (χ0v) is 13.6. The highest BCUT2D eigenvalue weighted by Gasteiger charge is 2.45. The van der Waals surface area contributed by atoms with Gasteiger partial charge in [-0.15, -0.1) is 0 Å². The van der Waals surface area contributed by atoms with Gasteiger partial charge in [0.2, 0.25) is 0 Å². The van der Waals surface area contributed by atoms with Crippen LogP contribution < -0.4 is 4.90 Å². The molecule has 1 aliphatic carbocycles. The number of hydrogen-bond donors (Lipinski definition) is 0. The van der Waals surface area contributed by atoms with Gasteiger partial charge in [0.1, 0.15) is 0 Å². The molecule has 0 saturated heterocycles. The van der Waals surface area contributed by atoms with E-state index in [1.165, 1.54) is 37.9 Å². The summed E-state index contributed by atoms with van der Waals surface area (Å²) >= 11 is 0. The molecular formula is C19H27N. The van der Waals surface area contributed by atoms with Crippen LogP contribution in [0.5, 0.6) is 0 Å². The van der Waals surface area contributed by atoms with Crippen molar-refractivity contribution in [3.05, 3.63) is 28.3 Å². The van der Waals surface area contributed by atoms with Crippen LogP contribution >= 0.6 is 0 Å². The lowest BCUT2D eigenvalue weighted by molar-refractivity contribution is 0.401. The average Bonchev–Trinajstić information content (AvgIpc) is 2.71. The molecule has 0 radical (unpaired) electrons. The van der Waals surface area contributed by atoms with Crippen molar-refractivity contribution >= 4 is 5.69 Å². The van der Waals surface area contributed by atoms with Crippen molar-refractivity contribution in [2.24, 2.45) is 0 Å². The van der Waals surface area contributed by atoms with Crippen molar-refractivity contribution in [3.63, 3.8) is 0 Å². The van der Waals surface area contributed by atoms with Gasteiger partial charge < -0.3 is 4.90 Å². The third kappa shape index (κ3) is 1.44. The molecule has 0 bridgehead atoms. The first-order valence-electron chi connectivity index (χ1n) is 8.25. The maximum Gasteiger partial charge on any atom is 0.0446 e. The van der Waals surface area contributed by atoms with Crippen molar-refractivity contribution in [2.45, 2.75) is 70.6 Å². The molecule has 0 N–H and O–H groups in total. The Labute approximate surface area is 123 Å². The first-order valence-corrected chi connectivity index (χ1v) is 8.25. The Balaban J connectivity index is 2.07. The number of hydrogen-bond acceptors (Lipinski definition) is 1. The van der Waals surface area contributed by atoms with E-state index in [1.54, 1.807) is 22.4 Å². The van der Waals surface area contributed by atoms with Gasteiger partial charge in [-0.05, 0) is 59.3 Å². The number of rotatable bonds is 0. The lowest BCUT2D eigenvalue weighted by atomic mass is 9.66. The quantitative estimate of drug-likeness (QED) is 0.662. The predicted octanol–water partition coefficient (Wildman–Crippen LogP) is 4.65. The fourth-order valence-electron chi connectivity index (χ4n) is 5.07. The third-order valence-electron chi connectivity index (χ3n) is 6.23. The smallest absolute Gasteiger partial charge is 0.0446 e. The van der Waals surface area contributed by atoms with E-state index in [9.17, 15) is 0 Å². The van der Waals surface area contributed by atoms with E-state index < -0.39 is 0 Å².